The Morgan fingerprint density at radius 1 is 1.19 bits per heavy atom. The van der Waals surface area contributed by atoms with Crippen LogP contribution in [0.5, 0.6) is 0 Å². The summed E-state index contributed by atoms with van der Waals surface area (Å²) in [6, 6.07) is 3.14. The number of furan rings is 1. The van der Waals surface area contributed by atoms with Crippen molar-refractivity contribution in [1.82, 2.24) is 10.1 Å². The summed E-state index contributed by atoms with van der Waals surface area (Å²) in [6.07, 6.45) is 0.442. The molecule has 0 aliphatic rings. The van der Waals surface area contributed by atoms with Gasteiger partial charge in [-0.1, -0.05) is 5.16 Å². The van der Waals surface area contributed by atoms with E-state index in [-0.39, 0.29) is 18.8 Å². The van der Waals surface area contributed by atoms with Crippen molar-refractivity contribution in [1.29, 1.82) is 0 Å². The fourth-order valence-electron chi connectivity index (χ4n) is 2.67. The van der Waals surface area contributed by atoms with Crippen molar-refractivity contribution >= 4 is 34.3 Å². The number of aryl methyl sites for hydroxylation is 2. The molecule has 0 aromatic carbocycles. The van der Waals surface area contributed by atoms with Crippen LogP contribution in [0.4, 0.5) is 5.13 Å². The molecular formula is C20H21N3O7S. The van der Waals surface area contributed by atoms with Crippen molar-refractivity contribution in [3.05, 3.63) is 51.7 Å². The van der Waals surface area contributed by atoms with Crippen LogP contribution in [-0.2, 0) is 31.9 Å². The minimum atomic E-state index is -0.762. The molecule has 3 aromatic rings. The summed E-state index contributed by atoms with van der Waals surface area (Å²) in [5.41, 5.74) is 2.12. The molecule has 1 amide bonds. The number of carbonyl (C=O) groups excluding carboxylic acids is 3. The average Bonchev–Trinajstić information content (AvgIpc) is 3.44. The molecule has 0 spiro atoms. The topological polar surface area (TPSA) is 134 Å². The lowest BCUT2D eigenvalue weighted by molar-refractivity contribution is -0.142. The zero-order valence-corrected chi connectivity index (χ0v) is 18.0. The molecule has 0 aliphatic carbocycles. The van der Waals surface area contributed by atoms with Crippen molar-refractivity contribution in [3.63, 3.8) is 0 Å². The van der Waals surface area contributed by atoms with Crippen LogP contribution >= 0.6 is 11.3 Å². The van der Waals surface area contributed by atoms with E-state index in [4.69, 9.17) is 18.4 Å². The molecule has 1 N–H and O–H groups in total. The molecule has 3 aromatic heterocycles. The molecule has 0 unspecified atom stereocenters. The number of anilines is 1. The van der Waals surface area contributed by atoms with Gasteiger partial charge in [-0.3, -0.25) is 14.9 Å². The van der Waals surface area contributed by atoms with Crippen LogP contribution in [0, 0.1) is 13.8 Å². The number of carbonyl (C=O) groups is 3. The SMILES string of the molecule is CCOC(=O)Cc1csc(NC(=O)COC(=O)c2ccc(Cc3c(C)noc3C)o2)n1. The van der Waals surface area contributed by atoms with Gasteiger partial charge in [-0.2, -0.15) is 0 Å². The number of hydrogen-bond donors (Lipinski definition) is 1. The minimum Gasteiger partial charge on any atom is -0.466 e. The molecule has 10 nitrogen and oxygen atoms in total. The van der Waals surface area contributed by atoms with E-state index in [0.717, 1.165) is 22.6 Å². The first-order chi connectivity index (χ1) is 14.9. The van der Waals surface area contributed by atoms with Crippen molar-refractivity contribution in [3.8, 4) is 0 Å². The molecule has 0 saturated carbocycles. The number of nitrogens with zero attached hydrogens (tertiary/aromatic N) is 2. The first kappa shape index (κ1) is 22.2. The summed E-state index contributed by atoms with van der Waals surface area (Å²) in [5.74, 6) is -0.507. The molecule has 0 saturated heterocycles. The van der Waals surface area contributed by atoms with Crippen molar-refractivity contribution < 1.29 is 32.8 Å². The second-order valence-corrected chi connectivity index (χ2v) is 7.35. The smallest absolute Gasteiger partial charge is 0.374 e. The Balaban J connectivity index is 1.47. The molecule has 3 heterocycles. The summed E-state index contributed by atoms with van der Waals surface area (Å²) >= 11 is 1.15. The van der Waals surface area contributed by atoms with Gasteiger partial charge in [0.15, 0.2) is 11.7 Å². The van der Waals surface area contributed by atoms with Gasteiger partial charge in [0.05, 0.1) is 24.4 Å². The van der Waals surface area contributed by atoms with Gasteiger partial charge in [0.1, 0.15) is 11.5 Å². The van der Waals surface area contributed by atoms with Gasteiger partial charge >= 0.3 is 11.9 Å². The van der Waals surface area contributed by atoms with Gasteiger partial charge in [-0.05, 0) is 32.9 Å². The molecule has 0 fully saturated rings. The Morgan fingerprint density at radius 2 is 2.00 bits per heavy atom. The fraction of sp³-hybridized carbons (Fsp3) is 0.350. The number of amides is 1. The van der Waals surface area contributed by atoms with Crippen LogP contribution in [0.1, 0.15) is 46.0 Å². The molecule has 3 rings (SSSR count). The van der Waals surface area contributed by atoms with E-state index >= 15 is 0 Å². The second kappa shape index (κ2) is 10.0. The maximum absolute atomic E-state index is 12.1. The molecule has 164 valence electrons. The molecule has 0 radical (unpaired) electrons. The molecule has 0 aliphatic heterocycles. The molecule has 0 atom stereocenters. The van der Waals surface area contributed by atoms with Crippen LogP contribution in [0.3, 0.4) is 0 Å². The lowest BCUT2D eigenvalue weighted by atomic mass is 10.1. The van der Waals surface area contributed by atoms with E-state index in [9.17, 15) is 14.4 Å². The van der Waals surface area contributed by atoms with Gasteiger partial charge < -0.3 is 18.4 Å². The van der Waals surface area contributed by atoms with E-state index in [1.54, 1.807) is 25.3 Å². The molecule has 0 bridgehead atoms. The Labute approximate surface area is 181 Å². The number of nitrogens with one attached hydrogen (secondary N) is 1. The maximum Gasteiger partial charge on any atom is 0.374 e. The van der Waals surface area contributed by atoms with Gasteiger partial charge in [0, 0.05) is 17.4 Å². The van der Waals surface area contributed by atoms with E-state index in [0.29, 0.717) is 28.8 Å². The van der Waals surface area contributed by atoms with Crippen LogP contribution < -0.4 is 5.32 Å². The quantitative estimate of drug-likeness (QED) is 0.491. The van der Waals surface area contributed by atoms with Crippen LogP contribution in [0.25, 0.3) is 0 Å². The van der Waals surface area contributed by atoms with E-state index in [1.807, 2.05) is 6.92 Å². The minimum absolute atomic E-state index is 0.0134. The number of hydrogen-bond acceptors (Lipinski definition) is 10. The number of aromatic nitrogens is 2. The van der Waals surface area contributed by atoms with Gasteiger partial charge in [0.2, 0.25) is 5.76 Å². The third-order valence-electron chi connectivity index (χ3n) is 4.16. The number of esters is 2. The number of thiazole rings is 1. The van der Waals surface area contributed by atoms with Crippen LogP contribution in [-0.4, -0.2) is 41.2 Å². The maximum atomic E-state index is 12.1. The average molecular weight is 447 g/mol. The van der Waals surface area contributed by atoms with Gasteiger partial charge in [-0.25, -0.2) is 9.78 Å². The summed E-state index contributed by atoms with van der Waals surface area (Å²) in [4.78, 5) is 39.7. The molecule has 11 heteroatoms. The lowest BCUT2D eigenvalue weighted by Crippen LogP contribution is -2.20. The molecular weight excluding hydrogens is 426 g/mol. The third-order valence-corrected chi connectivity index (χ3v) is 4.96. The van der Waals surface area contributed by atoms with Gasteiger partial charge in [-0.15, -0.1) is 11.3 Å². The zero-order valence-electron chi connectivity index (χ0n) is 17.2. The zero-order chi connectivity index (χ0) is 22.4. The first-order valence-corrected chi connectivity index (χ1v) is 10.3. The van der Waals surface area contributed by atoms with E-state index < -0.39 is 24.5 Å². The Kier molecular flexibility index (Phi) is 7.19. The highest BCUT2D eigenvalue weighted by Crippen LogP contribution is 2.20. The van der Waals surface area contributed by atoms with Gasteiger partial charge in [0.25, 0.3) is 5.91 Å². The van der Waals surface area contributed by atoms with Crippen molar-refractivity contribution in [2.45, 2.75) is 33.6 Å². The van der Waals surface area contributed by atoms with Crippen molar-refractivity contribution in [2.24, 2.45) is 0 Å². The van der Waals surface area contributed by atoms with Crippen molar-refractivity contribution in [2.75, 3.05) is 18.5 Å². The van der Waals surface area contributed by atoms with E-state index in [2.05, 4.69) is 15.5 Å². The lowest BCUT2D eigenvalue weighted by Gasteiger charge is -2.03. The summed E-state index contributed by atoms with van der Waals surface area (Å²) in [5, 5.41) is 8.33. The largest absolute Gasteiger partial charge is 0.466 e. The normalized spacial score (nSPS) is 10.7. The molecule has 31 heavy (non-hydrogen) atoms. The standard InChI is InChI=1S/C20H21N3O7S/c1-4-27-18(25)7-13-10-31-20(21-13)22-17(24)9-28-19(26)16-6-5-14(29-16)8-15-11(2)23-30-12(15)3/h5-6,10H,4,7-9H2,1-3H3,(H,21,22,24). The Morgan fingerprint density at radius 3 is 2.71 bits per heavy atom. The summed E-state index contributed by atoms with van der Waals surface area (Å²) in [7, 11) is 0. The van der Waals surface area contributed by atoms with E-state index in [1.165, 1.54) is 6.07 Å². The predicted octanol–water partition coefficient (Wildman–Crippen LogP) is 2.83. The highest BCUT2D eigenvalue weighted by atomic mass is 32.1. The fourth-order valence-corrected chi connectivity index (χ4v) is 3.40. The second-order valence-electron chi connectivity index (χ2n) is 6.50. The van der Waals surface area contributed by atoms with Crippen LogP contribution in [0.2, 0.25) is 0 Å². The van der Waals surface area contributed by atoms with Crippen LogP contribution in [0.15, 0.2) is 26.5 Å². The highest BCUT2D eigenvalue weighted by Gasteiger charge is 2.18. The summed E-state index contributed by atoms with van der Waals surface area (Å²) < 4.78 is 20.5. The monoisotopic (exact) mass is 447 g/mol. The summed E-state index contributed by atoms with van der Waals surface area (Å²) in [6.45, 7) is 5.12. The number of ether oxygens (including phenoxy) is 2. The highest BCUT2D eigenvalue weighted by molar-refractivity contribution is 7.13. The first-order valence-electron chi connectivity index (χ1n) is 9.43. The third kappa shape index (κ3) is 6.01. The number of rotatable bonds is 9. The Bertz CT molecular complexity index is 1060. The predicted molar refractivity (Wildman–Crippen MR) is 109 cm³/mol. The Hall–Kier alpha value is -3.47.